The van der Waals surface area contributed by atoms with Crippen LogP contribution in [0.25, 0.3) is 16.4 Å². The minimum Gasteiger partial charge on any atom is -0.490 e. The fraction of sp³-hybridized carbons (Fsp3) is 0.360. The molecule has 3 heterocycles. The molecule has 0 N–H and O–H groups in total. The number of ether oxygens (including phenoxy) is 2. The van der Waals surface area contributed by atoms with Crippen LogP contribution in [0.5, 0.6) is 5.75 Å². The highest BCUT2D eigenvalue weighted by Crippen LogP contribution is 2.32. The van der Waals surface area contributed by atoms with Gasteiger partial charge in [0.1, 0.15) is 11.5 Å². The van der Waals surface area contributed by atoms with Crippen LogP contribution >= 0.6 is 11.6 Å². The lowest BCUT2D eigenvalue weighted by Crippen LogP contribution is -2.32. The highest BCUT2D eigenvalue weighted by molar-refractivity contribution is 6.32. The molecule has 0 bridgehead atoms. The van der Waals surface area contributed by atoms with Crippen molar-refractivity contribution in [3.05, 3.63) is 69.2 Å². The van der Waals surface area contributed by atoms with E-state index in [-0.39, 0.29) is 18.4 Å². The molecule has 0 aliphatic heterocycles. The molecule has 4 aromatic rings. The number of benzene rings is 1. The molecule has 0 spiro atoms. The smallest absolute Gasteiger partial charge is 0.330 e. The minimum atomic E-state index is -0.943. The molecule has 3 aromatic heterocycles. The highest BCUT2D eigenvalue weighted by Gasteiger charge is 2.24. The number of pyridine rings is 1. The monoisotopic (exact) mass is 498 g/mol. The van der Waals surface area contributed by atoms with E-state index in [1.54, 1.807) is 26.1 Å². The summed E-state index contributed by atoms with van der Waals surface area (Å²) >= 11 is 6.39. The second-order valence-corrected chi connectivity index (χ2v) is 9.14. The van der Waals surface area contributed by atoms with Gasteiger partial charge in [-0.25, -0.2) is 18.9 Å². The third-order valence-electron chi connectivity index (χ3n) is 6.03. The first-order valence-corrected chi connectivity index (χ1v) is 11.9. The molecule has 5 rings (SSSR count). The SMILES string of the molecule is CCOC(=O)C(C)n1nc(Cc2cn3cc(OCC4CC4)c(Cl)cc3n2)c2cc(F)ccc2c1=O. The van der Waals surface area contributed by atoms with Gasteiger partial charge in [0, 0.05) is 24.1 Å². The van der Waals surface area contributed by atoms with Gasteiger partial charge in [-0.15, -0.1) is 0 Å². The van der Waals surface area contributed by atoms with Crippen molar-refractivity contribution in [1.82, 2.24) is 19.2 Å². The number of hydrogen-bond donors (Lipinski definition) is 0. The summed E-state index contributed by atoms with van der Waals surface area (Å²) in [7, 11) is 0. The molecule has 8 nitrogen and oxygen atoms in total. The number of esters is 1. The maximum Gasteiger partial charge on any atom is 0.330 e. The Bertz CT molecular complexity index is 1490. The molecule has 1 fully saturated rings. The van der Waals surface area contributed by atoms with Crippen LogP contribution in [0, 0.1) is 11.7 Å². The summed E-state index contributed by atoms with van der Waals surface area (Å²) in [5.41, 5.74) is 1.17. The van der Waals surface area contributed by atoms with Crippen molar-refractivity contribution in [1.29, 1.82) is 0 Å². The molecular weight excluding hydrogens is 475 g/mol. The molecule has 1 aliphatic carbocycles. The predicted octanol–water partition coefficient (Wildman–Crippen LogP) is 4.34. The number of rotatable bonds is 8. The molecule has 35 heavy (non-hydrogen) atoms. The summed E-state index contributed by atoms with van der Waals surface area (Å²) < 4.78 is 27.9. The fourth-order valence-electron chi connectivity index (χ4n) is 3.95. The van der Waals surface area contributed by atoms with E-state index < -0.39 is 23.4 Å². The van der Waals surface area contributed by atoms with Crippen LogP contribution in [-0.4, -0.2) is 38.3 Å². The molecule has 0 saturated heterocycles. The first kappa shape index (κ1) is 23.3. The van der Waals surface area contributed by atoms with Gasteiger partial charge in [-0.3, -0.25) is 4.79 Å². The summed E-state index contributed by atoms with van der Waals surface area (Å²) in [5.74, 6) is 0.107. The lowest BCUT2D eigenvalue weighted by atomic mass is 10.1. The van der Waals surface area contributed by atoms with Crippen LogP contribution in [0.2, 0.25) is 5.02 Å². The van der Waals surface area contributed by atoms with E-state index in [2.05, 4.69) is 10.1 Å². The standard InChI is InChI=1S/C25H24ClFN4O4/c1-3-34-25(33)14(2)31-24(32)18-7-6-16(27)8-19(18)21(29-31)9-17-11-30-12-22(35-13-15-4-5-15)20(26)10-23(30)28-17/h6-8,10-12,14-15H,3-5,9,13H2,1-2H3. The van der Waals surface area contributed by atoms with E-state index in [4.69, 9.17) is 21.1 Å². The third-order valence-corrected chi connectivity index (χ3v) is 6.33. The Hall–Kier alpha value is -3.46. The van der Waals surface area contributed by atoms with E-state index in [9.17, 15) is 14.0 Å². The van der Waals surface area contributed by atoms with Crippen molar-refractivity contribution in [2.24, 2.45) is 5.92 Å². The molecule has 182 valence electrons. The van der Waals surface area contributed by atoms with Gasteiger partial charge in [-0.2, -0.15) is 5.10 Å². The van der Waals surface area contributed by atoms with Crippen molar-refractivity contribution >= 4 is 34.0 Å². The zero-order chi connectivity index (χ0) is 24.7. The van der Waals surface area contributed by atoms with Crippen LogP contribution in [-0.2, 0) is 16.0 Å². The number of carbonyl (C=O) groups excluding carboxylic acids is 1. The Kier molecular flexibility index (Phi) is 6.19. The van der Waals surface area contributed by atoms with Gasteiger partial charge >= 0.3 is 5.97 Å². The highest BCUT2D eigenvalue weighted by atomic mass is 35.5. The molecule has 1 saturated carbocycles. The third kappa shape index (κ3) is 4.73. The van der Waals surface area contributed by atoms with Crippen LogP contribution in [0.1, 0.15) is 44.1 Å². The number of nitrogens with zero attached hydrogens (tertiary/aromatic N) is 4. The Morgan fingerprint density at radius 3 is 2.80 bits per heavy atom. The fourth-order valence-corrected chi connectivity index (χ4v) is 4.15. The van der Waals surface area contributed by atoms with Gasteiger partial charge in [-0.05, 0) is 50.8 Å². The van der Waals surface area contributed by atoms with Crippen molar-refractivity contribution in [3.8, 4) is 5.75 Å². The van der Waals surface area contributed by atoms with E-state index in [1.807, 2.05) is 10.6 Å². The second kappa shape index (κ2) is 9.30. The van der Waals surface area contributed by atoms with Crippen molar-refractivity contribution in [2.75, 3.05) is 13.2 Å². The predicted molar refractivity (Wildman–Crippen MR) is 129 cm³/mol. The van der Waals surface area contributed by atoms with Crippen LogP contribution < -0.4 is 10.3 Å². The zero-order valence-corrected chi connectivity index (χ0v) is 20.1. The number of halogens is 2. The maximum atomic E-state index is 14.1. The Labute approximate surface area is 205 Å². The first-order chi connectivity index (χ1) is 16.8. The summed E-state index contributed by atoms with van der Waals surface area (Å²) in [6, 6.07) is 4.67. The van der Waals surface area contributed by atoms with Crippen molar-refractivity contribution in [3.63, 3.8) is 0 Å². The van der Waals surface area contributed by atoms with E-state index in [0.717, 1.165) is 4.68 Å². The molecule has 1 atom stereocenters. The lowest BCUT2D eigenvalue weighted by Gasteiger charge is -2.15. The van der Waals surface area contributed by atoms with Gasteiger partial charge in [0.25, 0.3) is 5.56 Å². The van der Waals surface area contributed by atoms with Gasteiger partial charge in [0.05, 0.1) is 41.2 Å². The Morgan fingerprint density at radius 1 is 1.26 bits per heavy atom. The number of aromatic nitrogens is 4. The molecule has 10 heteroatoms. The van der Waals surface area contributed by atoms with Crippen LogP contribution in [0.3, 0.4) is 0 Å². The minimum absolute atomic E-state index is 0.180. The van der Waals surface area contributed by atoms with E-state index in [0.29, 0.717) is 45.7 Å². The van der Waals surface area contributed by atoms with Gasteiger partial charge in [0.15, 0.2) is 11.8 Å². The number of fused-ring (bicyclic) bond motifs is 2. The van der Waals surface area contributed by atoms with Gasteiger partial charge in [0.2, 0.25) is 0 Å². The van der Waals surface area contributed by atoms with Crippen LogP contribution in [0.15, 0.2) is 41.5 Å². The average Bonchev–Trinajstić information content (AvgIpc) is 3.58. The second-order valence-electron chi connectivity index (χ2n) is 8.73. The average molecular weight is 499 g/mol. The Balaban J connectivity index is 1.54. The normalized spacial score (nSPS) is 14.4. The van der Waals surface area contributed by atoms with E-state index >= 15 is 0 Å². The molecule has 0 amide bonds. The van der Waals surface area contributed by atoms with Crippen LogP contribution in [0.4, 0.5) is 4.39 Å². The van der Waals surface area contributed by atoms with Crippen molar-refractivity contribution < 1.29 is 18.7 Å². The largest absolute Gasteiger partial charge is 0.490 e. The van der Waals surface area contributed by atoms with E-state index in [1.165, 1.54) is 31.0 Å². The molecule has 1 unspecified atom stereocenters. The Morgan fingerprint density at radius 2 is 2.06 bits per heavy atom. The summed E-state index contributed by atoms with van der Waals surface area (Å²) in [6.45, 7) is 4.04. The first-order valence-electron chi connectivity index (χ1n) is 11.5. The van der Waals surface area contributed by atoms with Crippen molar-refractivity contribution in [2.45, 2.75) is 39.2 Å². The molecule has 1 aromatic carbocycles. The number of hydrogen-bond acceptors (Lipinski definition) is 6. The quantitative estimate of drug-likeness (QED) is 0.336. The lowest BCUT2D eigenvalue weighted by molar-refractivity contribution is -0.147. The topological polar surface area (TPSA) is 87.7 Å². The summed E-state index contributed by atoms with van der Waals surface area (Å²) in [5, 5.41) is 5.53. The number of imidazole rings is 1. The molecule has 0 radical (unpaired) electrons. The summed E-state index contributed by atoms with van der Waals surface area (Å²) in [6.07, 6.45) is 6.15. The zero-order valence-electron chi connectivity index (χ0n) is 19.3. The maximum absolute atomic E-state index is 14.1. The molecular formula is C25H24ClFN4O4. The number of carbonyl (C=O) groups is 1. The van der Waals surface area contributed by atoms with Gasteiger partial charge < -0.3 is 13.9 Å². The molecule has 1 aliphatic rings. The summed E-state index contributed by atoms with van der Waals surface area (Å²) in [4.78, 5) is 30.0. The van der Waals surface area contributed by atoms with Gasteiger partial charge in [-0.1, -0.05) is 11.6 Å².